The van der Waals surface area contributed by atoms with Crippen LogP contribution in [0.5, 0.6) is 0 Å². The smallest absolute Gasteiger partial charge is 0.408 e. The third-order valence-corrected chi connectivity index (χ3v) is 9.45. The number of amides is 2. The van der Waals surface area contributed by atoms with Crippen LogP contribution < -0.4 is 5.32 Å². The summed E-state index contributed by atoms with van der Waals surface area (Å²) in [7, 11) is -3.19. The highest BCUT2D eigenvalue weighted by atomic mass is 32.2. The van der Waals surface area contributed by atoms with E-state index < -0.39 is 33.5 Å². The highest BCUT2D eigenvalue weighted by Crippen LogP contribution is 2.38. The van der Waals surface area contributed by atoms with Crippen LogP contribution in [0.15, 0.2) is 59.6 Å². The van der Waals surface area contributed by atoms with E-state index in [1.165, 1.54) is 23.9 Å². The predicted octanol–water partition coefficient (Wildman–Crippen LogP) is 3.60. The molecule has 3 unspecified atom stereocenters. The van der Waals surface area contributed by atoms with E-state index in [1.54, 1.807) is 32.9 Å². The Kier molecular flexibility index (Phi) is 8.46. The van der Waals surface area contributed by atoms with Crippen molar-refractivity contribution in [3.8, 4) is 0 Å². The highest BCUT2D eigenvalue weighted by molar-refractivity contribution is 8.15. The van der Waals surface area contributed by atoms with Gasteiger partial charge in [0.2, 0.25) is 0 Å². The first-order valence-corrected chi connectivity index (χ1v) is 15.1. The average molecular weight is 562 g/mol. The van der Waals surface area contributed by atoms with Gasteiger partial charge in [0, 0.05) is 18.2 Å². The molecule has 38 heavy (non-hydrogen) atoms. The Morgan fingerprint density at radius 3 is 2.45 bits per heavy atom. The lowest BCUT2D eigenvalue weighted by molar-refractivity contribution is -0.119. The molecule has 0 aromatic heterocycles. The van der Waals surface area contributed by atoms with Gasteiger partial charge in [-0.2, -0.15) is 4.99 Å². The molecule has 2 aliphatic heterocycles. The normalized spacial score (nSPS) is 22.2. The molecule has 2 heterocycles. The molecule has 11 heteroatoms. The van der Waals surface area contributed by atoms with Gasteiger partial charge >= 0.3 is 6.09 Å². The second-order valence-corrected chi connectivity index (χ2v) is 13.9. The van der Waals surface area contributed by atoms with Crippen LogP contribution in [-0.4, -0.2) is 71.5 Å². The number of benzene rings is 2. The van der Waals surface area contributed by atoms with Crippen molar-refractivity contribution in [3.63, 3.8) is 0 Å². The summed E-state index contributed by atoms with van der Waals surface area (Å²) in [5.41, 5.74) is 0.995. The maximum Gasteiger partial charge on any atom is 0.408 e. The fraction of sp³-hybridized carbons (Fsp3) is 0.444. The first-order chi connectivity index (χ1) is 17.9. The molecule has 0 spiro atoms. The molecular weight excluding hydrogens is 529 g/mol. The lowest BCUT2D eigenvalue weighted by Crippen LogP contribution is -2.45. The van der Waals surface area contributed by atoms with E-state index in [0.29, 0.717) is 18.1 Å². The minimum atomic E-state index is -3.19. The molecule has 2 saturated heterocycles. The standard InChI is InChI=1S/C27H32FN3O5S2/c1-27(2,3)36-26(33)29-21(15-19-7-5-4-6-8-19)24(32)30-25-31(14-13-18-9-11-20(28)12-10-18)22-16-38(34,35)17-23(22)37-25/h4-12,21-23H,13-17H2,1-3H3,(H,29,33). The topological polar surface area (TPSA) is 105 Å². The number of nitrogens with one attached hydrogen (secondary N) is 1. The van der Waals surface area contributed by atoms with E-state index in [1.807, 2.05) is 35.2 Å². The second kappa shape index (κ2) is 11.4. The highest BCUT2D eigenvalue weighted by Gasteiger charge is 2.48. The van der Waals surface area contributed by atoms with Crippen LogP contribution in [-0.2, 0) is 32.2 Å². The van der Waals surface area contributed by atoms with Gasteiger partial charge in [0.1, 0.15) is 17.5 Å². The van der Waals surface area contributed by atoms with Crippen molar-refractivity contribution >= 4 is 38.8 Å². The summed E-state index contributed by atoms with van der Waals surface area (Å²) in [6.07, 6.45) is 0.0279. The number of halogens is 1. The molecule has 0 saturated carbocycles. The number of hydrogen-bond acceptors (Lipinski definition) is 6. The molecule has 2 amide bonds. The largest absolute Gasteiger partial charge is 0.444 e. The SMILES string of the molecule is CC(C)(C)OC(=O)NC(Cc1ccccc1)C(=O)N=C1SC2CS(=O)(=O)CC2N1CCc1ccc(F)cc1. The zero-order chi connectivity index (χ0) is 27.5. The molecular formula is C27H32FN3O5S2. The fourth-order valence-electron chi connectivity index (χ4n) is 4.47. The Morgan fingerprint density at radius 2 is 1.79 bits per heavy atom. The van der Waals surface area contributed by atoms with E-state index in [-0.39, 0.29) is 35.0 Å². The van der Waals surface area contributed by atoms with Gasteiger partial charge < -0.3 is 15.0 Å². The molecule has 4 rings (SSSR count). The Bertz CT molecular complexity index is 1290. The first-order valence-electron chi connectivity index (χ1n) is 12.4. The molecule has 8 nitrogen and oxygen atoms in total. The zero-order valence-electron chi connectivity index (χ0n) is 21.6. The lowest BCUT2D eigenvalue weighted by atomic mass is 10.1. The molecule has 1 N–H and O–H groups in total. The van der Waals surface area contributed by atoms with Crippen molar-refractivity contribution in [3.05, 3.63) is 71.5 Å². The number of rotatable bonds is 7. The average Bonchev–Trinajstić information content (AvgIpc) is 3.28. The summed E-state index contributed by atoms with van der Waals surface area (Å²) in [4.78, 5) is 32.3. The van der Waals surface area contributed by atoms with Crippen LogP contribution in [0.1, 0.15) is 31.9 Å². The van der Waals surface area contributed by atoms with Crippen LogP contribution in [0, 0.1) is 5.82 Å². The number of sulfone groups is 1. The van der Waals surface area contributed by atoms with E-state index in [0.717, 1.165) is 11.1 Å². The number of carbonyl (C=O) groups excluding carboxylic acids is 2. The number of fused-ring (bicyclic) bond motifs is 1. The van der Waals surface area contributed by atoms with Crippen LogP contribution in [0.25, 0.3) is 0 Å². The number of thioether (sulfide) groups is 1. The molecule has 2 aliphatic rings. The van der Waals surface area contributed by atoms with Crippen molar-refractivity contribution in [2.45, 2.75) is 56.5 Å². The number of alkyl carbamates (subject to hydrolysis) is 1. The summed E-state index contributed by atoms with van der Waals surface area (Å²) >= 11 is 1.28. The van der Waals surface area contributed by atoms with Crippen LogP contribution in [0.2, 0.25) is 0 Å². The Balaban J connectivity index is 1.56. The second-order valence-electron chi connectivity index (χ2n) is 10.5. The number of nitrogens with zero attached hydrogens (tertiary/aromatic N) is 2. The van der Waals surface area contributed by atoms with Crippen LogP contribution in [0.4, 0.5) is 9.18 Å². The third-order valence-electron chi connectivity index (χ3n) is 6.21. The van der Waals surface area contributed by atoms with Gasteiger partial charge in [0.25, 0.3) is 5.91 Å². The third kappa shape index (κ3) is 7.57. The van der Waals surface area contributed by atoms with Crippen molar-refractivity contribution in [1.29, 1.82) is 0 Å². The van der Waals surface area contributed by atoms with Gasteiger partial charge in [-0.1, -0.05) is 54.2 Å². The molecule has 204 valence electrons. The van der Waals surface area contributed by atoms with Gasteiger partial charge in [0.15, 0.2) is 15.0 Å². The number of aliphatic imine (C=N–C) groups is 1. The Morgan fingerprint density at radius 1 is 1.11 bits per heavy atom. The maximum atomic E-state index is 13.5. The summed E-state index contributed by atoms with van der Waals surface area (Å²) in [5, 5.41) is 2.87. The van der Waals surface area contributed by atoms with E-state index >= 15 is 0 Å². The van der Waals surface area contributed by atoms with Crippen molar-refractivity contribution in [2.75, 3.05) is 18.1 Å². The predicted molar refractivity (Wildman–Crippen MR) is 146 cm³/mol. The van der Waals surface area contributed by atoms with Gasteiger partial charge in [-0.3, -0.25) is 4.79 Å². The summed E-state index contributed by atoms with van der Waals surface area (Å²) in [6.45, 7) is 5.63. The van der Waals surface area contributed by atoms with Gasteiger partial charge in [-0.15, -0.1) is 0 Å². The Hall–Kier alpha value is -2.92. The van der Waals surface area contributed by atoms with Gasteiger partial charge in [-0.25, -0.2) is 17.6 Å². The van der Waals surface area contributed by atoms with Gasteiger partial charge in [-0.05, 0) is 50.5 Å². The molecule has 2 fully saturated rings. The van der Waals surface area contributed by atoms with Crippen molar-refractivity contribution < 1.29 is 27.1 Å². The maximum absolute atomic E-state index is 13.5. The van der Waals surface area contributed by atoms with E-state index in [9.17, 15) is 22.4 Å². The first kappa shape index (κ1) is 28.1. The van der Waals surface area contributed by atoms with Gasteiger partial charge in [0.05, 0.1) is 17.5 Å². The minimum absolute atomic E-state index is 0.00903. The number of ether oxygens (including phenoxy) is 1. The van der Waals surface area contributed by atoms with E-state index in [2.05, 4.69) is 10.3 Å². The molecule has 0 bridgehead atoms. The molecule has 2 aromatic carbocycles. The minimum Gasteiger partial charge on any atom is -0.444 e. The van der Waals surface area contributed by atoms with Crippen molar-refractivity contribution in [2.24, 2.45) is 4.99 Å². The molecule has 0 radical (unpaired) electrons. The Labute approximate surface area is 227 Å². The number of amidine groups is 1. The monoisotopic (exact) mass is 561 g/mol. The molecule has 2 aromatic rings. The van der Waals surface area contributed by atoms with Crippen LogP contribution in [0.3, 0.4) is 0 Å². The van der Waals surface area contributed by atoms with Crippen LogP contribution >= 0.6 is 11.8 Å². The molecule has 0 aliphatic carbocycles. The summed E-state index contributed by atoms with van der Waals surface area (Å²) in [5.74, 6) is -0.865. The number of carbonyl (C=O) groups is 2. The zero-order valence-corrected chi connectivity index (χ0v) is 23.2. The quantitative estimate of drug-likeness (QED) is 0.551. The molecule has 3 atom stereocenters. The summed E-state index contributed by atoms with van der Waals surface area (Å²) in [6, 6.07) is 14.1. The fourth-order valence-corrected chi connectivity index (χ4v) is 8.45. The lowest BCUT2D eigenvalue weighted by Gasteiger charge is -2.25. The van der Waals surface area contributed by atoms with E-state index in [4.69, 9.17) is 4.74 Å². The number of hydrogen-bond donors (Lipinski definition) is 1. The van der Waals surface area contributed by atoms with Crippen molar-refractivity contribution in [1.82, 2.24) is 10.2 Å². The summed E-state index contributed by atoms with van der Waals surface area (Å²) < 4.78 is 43.4.